The van der Waals surface area contributed by atoms with Gasteiger partial charge in [0.25, 0.3) is 5.91 Å². The van der Waals surface area contributed by atoms with Crippen LogP contribution in [0.5, 0.6) is 11.5 Å². The highest BCUT2D eigenvalue weighted by Crippen LogP contribution is 2.26. The number of aliphatic hydroxyl groups is 1. The number of carbonyl (C=O) groups is 3. The van der Waals surface area contributed by atoms with E-state index in [1.807, 2.05) is 6.92 Å². The monoisotopic (exact) mass is 424 g/mol. The fourth-order valence-corrected chi connectivity index (χ4v) is 4.07. The first-order valence-corrected chi connectivity index (χ1v) is 10.6. The number of rotatable bonds is 7. The average molecular weight is 425 g/mol. The second-order valence-electron chi connectivity index (χ2n) is 7.11. The lowest BCUT2D eigenvalue weighted by molar-refractivity contribution is -0.149. The van der Waals surface area contributed by atoms with Crippen molar-refractivity contribution in [2.45, 2.75) is 51.3 Å². The Morgan fingerprint density at radius 1 is 1.28 bits per heavy atom. The molecule has 3 atom stereocenters. The quantitative estimate of drug-likeness (QED) is 0.561. The van der Waals surface area contributed by atoms with Gasteiger partial charge in [0, 0.05) is 20.0 Å². The summed E-state index contributed by atoms with van der Waals surface area (Å²) in [5, 5.41) is 29.2. The molecule has 0 spiro atoms. The van der Waals surface area contributed by atoms with E-state index in [0.717, 1.165) is 6.42 Å². The molecule has 0 aliphatic carbocycles. The van der Waals surface area contributed by atoms with Gasteiger partial charge in [-0.15, -0.1) is 0 Å². The van der Waals surface area contributed by atoms with E-state index in [0.29, 0.717) is 24.3 Å². The number of hydrogen-bond acceptors (Lipinski definition) is 7. The van der Waals surface area contributed by atoms with E-state index in [-0.39, 0.29) is 28.9 Å². The van der Waals surface area contributed by atoms with Gasteiger partial charge in [0.15, 0.2) is 11.5 Å². The third-order valence-electron chi connectivity index (χ3n) is 5.13. The summed E-state index contributed by atoms with van der Waals surface area (Å²) in [7, 11) is 1.44. The molecule has 1 aliphatic rings. The fraction of sp³-hybridized carbons (Fsp3) is 0.550. The summed E-state index contributed by atoms with van der Waals surface area (Å²) in [6, 6.07) is 2.74. The summed E-state index contributed by atoms with van der Waals surface area (Å²) in [5.74, 6) is -0.938. The van der Waals surface area contributed by atoms with Crippen molar-refractivity contribution in [2.75, 3.05) is 19.3 Å². The van der Waals surface area contributed by atoms with Crippen LogP contribution in [0.25, 0.3) is 0 Å². The third-order valence-corrected chi connectivity index (χ3v) is 5.98. The molecule has 2 rings (SSSR count). The molecule has 3 unspecified atom stereocenters. The molecule has 1 heterocycles. The van der Waals surface area contributed by atoms with Crippen LogP contribution >= 0.6 is 11.8 Å². The van der Waals surface area contributed by atoms with Crippen LogP contribution < -0.4 is 0 Å². The van der Waals surface area contributed by atoms with E-state index in [4.69, 9.17) is 0 Å². The van der Waals surface area contributed by atoms with Gasteiger partial charge in [-0.1, -0.05) is 24.8 Å². The van der Waals surface area contributed by atoms with Crippen LogP contribution in [-0.2, 0) is 20.8 Å². The van der Waals surface area contributed by atoms with Crippen LogP contribution in [0.15, 0.2) is 18.2 Å². The molecule has 8 nitrogen and oxygen atoms in total. The molecule has 0 saturated carbocycles. The van der Waals surface area contributed by atoms with E-state index in [1.54, 1.807) is 6.92 Å². The van der Waals surface area contributed by atoms with E-state index < -0.39 is 24.1 Å². The molecule has 2 amide bonds. The van der Waals surface area contributed by atoms with Crippen LogP contribution in [0, 0.1) is 0 Å². The number of carbonyl (C=O) groups excluding carboxylic acids is 3. The van der Waals surface area contributed by atoms with Gasteiger partial charge in [-0.3, -0.25) is 14.4 Å². The first-order chi connectivity index (χ1) is 13.7. The molecule has 1 aromatic rings. The highest BCUT2D eigenvalue weighted by molar-refractivity contribution is 8.13. The van der Waals surface area contributed by atoms with Crippen molar-refractivity contribution < 1.29 is 29.7 Å². The van der Waals surface area contributed by atoms with Crippen molar-refractivity contribution in [3.8, 4) is 11.5 Å². The minimum Gasteiger partial charge on any atom is -0.504 e. The molecule has 9 heteroatoms. The molecule has 29 heavy (non-hydrogen) atoms. The number of likely N-dealkylation sites (tertiary alicyclic amines) is 1. The second kappa shape index (κ2) is 9.98. The number of aromatic hydroxyl groups is 2. The minimum absolute atomic E-state index is 0.0355. The van der Waals surface area contributed by atoms with E-state index >= 15 is 0 Å². The van der Waals surface area contributed by atoms with Crippen LogP contribution in [-0.4, -0.2) is 79.6 Å². The van der Waals surface area contributed by atoms with E-state index in [9.17, 15) is 29.7 Å². The largest absolute Gasteiger partial charge is 0.504 e. The van der Waals surface area contributed by atoms with Crippen molar-refractivity contribution in [3.05, 3.63) is 23.8 Å². The van der Waals surface area contributed by atoms with E-state index in [2.05, 4.69) is 0 Å². The number of likely N-dealkylation sites (N-methyl/N-ethyl adjacent to an activating group) is 1. The predicted molar refractivity (Wildman–Crippen MR) is 110 cm³/mol. The zero-order chi connectivity index (χ0) is 21.7. The first-order valence-electron chi connectivity index (χ1n) is 9.60. The highest BCUT2D eigenvalue weighted by atomic mass is 32.2. The molecule has 0 bridgehead atoms. The molecule has 1 saturated heterocycles. The second-order valence-corrected chi connectivity index (χ2v) is 8.38. The summed E-state index contributed by atoms with van der Waals surface area (Å²) in [6.45, 7) is 3.93. The number of aliphatic hydroxyl groups excluding tert-OH is 1. The van der Waals surface area contributed by atoms with Gasteiger partial charge in [-0.05, 0) is 43.2 Å². The van der Waals surface area contributed by atoms with Crippen molar-refractivity contribution in [2.24, 2.45) is 0 Å². The Kier molecular flexibility index (Phi) is 7.92. The fourth-order valence-electron chi connectivity index (χ4n) is 3.35. The number of phenolic OH excluding ortho intramolecular Hbond substituents is 2. The lowest BCUT2D eigenvalue weighted by Crippen LogP contribution is -2.52. The maximum absolute atomic E-state index is 12.9. The van der Waals surface area contributed by atoms with Gasteiger partial charge in [-0.25, -0.2) is 0 Å². The standard InChI is InChI=1S/C20H28N2O6S/c1-4-29-20(28)14-6-5-9-22(14)18(26)12(2)21(3)19(27)17(25)11-13-7-8-15(23)16(24)10-13/h7-8,10,12,14,17,23-25H,4-6,9,11H2,1-3H3. The van der Waals surface area contributed by atoms with Gasteiger partial charge in [0.1, 0.15) is 18.2 Å². The Bertz CT molecular complexity index is 771. The van der Waals surface area contributed by atoms with Crippen LogP contribution in [0.2, 0.25) is 0 Å². The summed E-state index contributed by atoms with van der Waals surface area (Å²) in [4.78, 5) is 40.5. The number of phenols is 2. The van der Waals surface area contributed by atoms with Crippen molar-refractivity contribution >= 4 is 28.7 Å². The Balaban J connectivity index is 2.02. The molecule has 3 N–H and O–H groups in total. The van der Waals surface area contributed by atoms with Crippen LogP contribution in [0.1, 0.15) is 32.3 Å². The molecule has 0 aromatic heterocycles. The number of nitrogens with zero attached hydrogens (tertiary/aromatic N) is 2. The Morgan fingerprint density at radius 2 is 1.97 bits per heavy atom. The van der Waals surface area contributed by atoms with Gasteiger partial charge >= 0.3 is 0 Å². The molecular weight excluding hydrogens is 396 g/mol. The number of amides is 2. The third kappa shape index (κ3) is 5.42. The summed E-state index contributed by atoms with van der Waals surface area (Å²) in [6.07, 6.45) is -0.125. The minimum atomic E-state index is -1.41. The zero-order valence-corrected chi connectivity index (χ0v) is 17.7. The summed E-state index contributed by atoms with van der Waals surface area (Å²) in [5.41, 5.74) is 0.468. The SMILES string of the molecule is CCSC(=O)C1CCCN1C(=O)C(C)N(C)C(=O)C(O)Cc1ccc(O)c(O)c1. The lowest BCUT2D eigenvalue weighted by Gasteiger charge is -2.32. The molecule has 0 radical (unpaired) electrons. The van der Waals surface area contributed by atoms with Gasteiger partial charge < -0.3 is 25.1 Å². The number of thioether (sulfide) groups is 1. The first kappa shape index (κ1) is 23.0. The van der Waals surface area contributed by atoms with Crippen LogP contribution in [0.3, 0.4) is 0 Å². The van der Waals surface area contributed by atoms with Gasteiger partial charge in [0.2, 0.25) is 11.0 Å². The Labute approximate surface area is 174 Å². The van der Waals surface area contributed by atoms with Crippen molar-refractivity contribution in [1.29, 1.82) is 0 Å². The van der Waals surface area contributed by atoms with Crippen molar-refractivity contribution in [1.82, 2.24) is 9.80 Å². The molecular formula is C20H28N2O6S. The highest BCUT2D eigenvalue weighted by Gasteiger charge is 2.38. The van der Waals surface area contributed by atoms with Gasteiger partial charge in [0.05, 0.1) is 0 Å². The smallest absolute Gasteiger partial charge is 0.252 e. The van der Waals surface area contributed by atoms with Gasteiger partial charge in [-0.2, -0.15) is 0 Å². The Morgan fingerprint density at radius 3 is 2.59 bits per heavy atom. The zero-order valence-electron chi connectivity index (χ0n) is 16.9. The maximum Gasteiger partial charge on any atom is 0.252 e. The number of benzene rings is 1. The lowest BCUT2D eigenvalue weighted by atomic mass is 10.1. The maximum atomic E-state index is 12.9. The summed E-state index contributed by atoms with van der Waals surface area (Å²) < 4.78 is 0. The normalized spacial score (nSPS) is 18.3. The predicted octanol–water partition coefficient (Wildman–Crippen LogP) is 1.12. The molecule has 1 aliphatic heterocycles. The molecule has 1 fully saturated rings. The molecule has 1 aromatic carbocycles. The topological polar surface area (TPSA) is 118 Å². The number of hydrogen-bond donors (Lipinski definition) is 3. The van der Waals surface area contributed by atoms with Crippen molar-refractivity contribution in [3.63, 3.8) is 0 Å². The summed E-state index contributed by atoms with van der Waals surface area (Å²) >= 11 is 1.19. The molecule has 160 valence electrons. The Hall–Kier alpha value is -2.26. The van der Waals surface area contributed by atoms with E-state index in [1.165, 1.54) is 46.8 Å². The van der Waals surface area contributed by atoms with Crippen LogP contribution in [0.4, 0.5) is 0 Å². The average Bonchev–Trinajstić information content (AvgIpc) is 3.18.